The van der Waals surface area contributed by atoms with Gasteiger partial charge in [0.1, 0.15) is 5.84 Å². The molecule has 3 nitrogen and oxygen atoms in total. The first-order chi connectivity index (χ1) is 14.3. The molecule has 5 rings (SSSR count). The van der Waals surface area contributed by atoms with Gasteiger partial charge >= 0.3 is 0 Å². The van der Waals surface area contributed by atoms with E-state index in [0.717, 1.165) is 44.6 Å². The zero-order valence-corrected chi connectivity index (χ0v) is 17.7. The van der Waals surface area contributed by atoms with Crippen LogP contribution in [0, 0.1) is 6.92 Å². The van der Waals surface area contributed by atoms with Gasteiger partial charge in [-0.05, 0) is 43.0 Å². The Balaban J connectivity index is 1.40. The van der Waals surface area contributed by atoms with E-state index in [4.69, 9.17) is 4.99 Å². The summed E-state index contributed by atoms with van der Waals surface area (Å²) in [6.45, 7) is 5.25. The first-order valence-corrected chi connectivity index (χ1v) is 11.4. The van der Waals surface area contributed by atoms with Crippen molar-refractivity contribution in [1.82, 2.24) is 10.2 Å². The van der Waals surface area contributed by atoms with E-state index in [1.807, 2.05) is 11.3 Å². The molecule has 0 aliphatic carbocycles. The van der Waals surface area contributed by atoms with E-state index in [1.165, 1.54) is 32.3 Å². The van der Waals surface area contributed by atoms with Gasteiger partial charge in [-0.3, -0.25) is 0 Å². The molecule has 0 radical (unpaired) electrons. The van der Waals surface area contributed by atoms with E-state index in [0.29, 0.717) is 6.04 Å². The molecule has 1 atom stereocenters. The van der Waals surface area contributed by atoms with Crippen LogP contribution in [0.1, 0.15) is 32.9 Å². The molecule has 148 valence electrons. The monoisotopic (exact) mass is 401 g/mol. The van der Waals surface area contributed by atoms with Crippen LogP contribution in [0.15, 0.2) is 65.7 Å². The highest BCUT2D eigenvalue weighted by molar-refractivity contribution is 7.12. The summed E-state index contributed by atoms with van der Waals surface area (Å²) < 4.78 is 0. The Morgan fingerprint density at radius 2 is 1.93 bits per heavy atom. The van der Waals surface area contributed by atoms with Crippen LogP contribution < -0.4 is 5.32 Å². The van der Waals surface area contributed by atoms with E-state index < -0.39 is 0 Å². The maximum atomic E-state index is 5.19. The molecule has 0 amide bonds. The quantitative estimate of drug-likeness (QED) is 0.673. The molecule has 4 heteroatoms. The molecule has 3 heterocycles. The van der Waals surface area contributed by atoms with Gasteiger partial charge in [-0.15, -0.1) is 11.3 Å². The minimum absolute atomic E-state index is 0.494. The number of hydrogen-bond donors (Lipinski definition) is 1. The van der Waals surface area contributed by atoms with Crippen molar-refractivity contribution in [2.75, 3.05) is 19.6 Å². The van der Waals surface area contributed by atoms with Crippen molar-refractivity contribution in [2.45, 2.75) is 32.2 Å². The minimum atomic E-state index is 0.494. The second-order valence-electron chi connectivity index (χ2n) is 8.06. The van der Waals surface area contributed by atoms with Gasteiger partial charge in [-0.1, -0.05) is 48.5 Å². The van der Waals surface area contributed by atoms with Gasteiger partial charge in [0.15, 0.2) is 0 Å². The van der Waals surface area contributed by atoms with Crippen molar-refractivity contribution >= 4 is 22.9 Å². The largest absolute Gasteiger partial charge is 0.353 e. The SMILES string of the molecule is Cc1cc2c(s1)Cc1ccccc1N=C2N1CCN[C@@H](CCc2ccccc2)C1. The lowest BCUT2D eigenvalue weighted by atomic mass is 10.0. The lowest BCUT2D eigenvalue weighted by Crippen LogP contribution is -2.52. The van der Waals surface area contributed by atoms with E-state index in [-0.39, 0.29) is 0 Å². The summed E-state index contributed by atoms with van der Waals surface area (Å²) in [5.41, 5.74) is 5.22. The molecule has 2 aliphatic rings. The highest BCUT2D eigenvalue weighted by atomic mass is 32.1. The zero-order valence-electron chi connectivity index (χ0n) is 16.9. The van der Waals surface area contributed by atoms with Crippen LogP contribution in [0.3, 0.4) is 0 Å². The number of nitrogens with zero attached hydrogens (tertiary/aromatic N) is 2. The Morgan fingerprint density at radius 1 is 1.10 bits per heavy atom. The number of hydrogen-bond acceptors (Lipinski definition) is 4. The Kier molecular flexibility index (Phi) is 5.21. The normalized spacial score (nSPS) is 18.6. The topological polar surface area (TPSA) is 27.6 Å². The summed E-state index contributed by atoms with van der Waals surface area (Å²) in [4.78, 5) is 10.5. The molecule has 3 aromatic rings. The molecule has 1 fully saturated rings. The maximum Gasteiger partial charge on any atom is 0.137 e. The number of rotatable bonds is 3. The first kappa shape index (κ1) is 18.6. The van der Waals surface area contributed by atoms with Crippen LogP contribution in [0.5, 0.6) is 0 Å². The number of fused-ring (bicyclic) bond motifs is 2. The van der Waals surface area contributed by atoms with Crippen LogP contribution in [0.25, 0.3) is 0 Å². The van der Waals surface area contributed by atoms with Gasteiger partial charge < -0.3 is 10.2 Å². The minimum Gasteiger partial charge on any atom is -0.353 e. The van der Waals surface area contributed by atoms with Gasteiger partial charge in [0, 0.05) is 47.4 Å². The van der Waals surface area contributed by atoms with Crippen LogP contribution >= 0.6 is 11.3 Å². The third-order valence-corrected chi connectivity index (χ3v) is 6.97. The molecular weight excluding hydrogens is 374 g/mol. The smallest absolute Gasteiger partial charge is 0.137 e. The van der Waals surface area contributed by atoms with Gasteiger partial charge in [-0.25, -0.2) is 4.99 Å². The summed E-state index contributed by atoms with van der Waals surface area (Å²) in [5, 5.41) is 3.73. The number of aliphatic imine (C=N–C) groups is 1. The van der Waals surface area contributed by atoms with E-state index in [2.05, 4.69) is 77.8 Å². The molecule has 1 aromatic heterocycles. The predicted octanol–water partition coefficient (Wildman–Crippen LogP) is 4.95. The lowest BCUT2D eigenvalue weighted by molar-refractivity contribution is 0.282. The second-order valence-corrected chi connectivity index (χ2v) is 9.40. The molecule has 2 aromatic carbocycles. The van der Waals surface area contributed by atoms with Gasteiger partial charge in [-0.2, -0.15) is 0 Å². The number of nitrogens with one attached hydrogen (secondary N) is 1. The van der Waals surface area contributed by atoms with E-state index in [9.17, 15) is 0 Å². The van der Waals surface area contributed by atoms with Crippen molar-refractivity contribution in [1.29, 1.82) is 0 Å². The van der Waals surface area contributed by atoms with Gasteiger partial charge in [0.05, 0.1) is 5.69 Å². The Bertz CT molecular complexity index is 1020. The third kappa shape index (κ3) is 4.00. The third-order valence-electron chi connectivity index (χ3n) is 5.92. The van der Waals surface area contributed by atoms with Crippen molar-refractivity contribution in [3.63, 3.8) is 0 Å². The number of aryl methyl sites for hydroxylation is 2. The fourth-order valence-electron chi connectivity index (χ4n) is 4.44. The van der Waals surface area contributed by atoms with Crippen molar-refractivity contribution in [3.8, 4) is 0 Å². The fraction of sp³-hybridized carbons (Fsp3) is 0.320. The maximum absolute atomic E-state index is 5.19. The number of benzene rings is 2. The molecule has 0 saturated carbocycles. The standard InChI is InChI=1S/C25H27N3S/c1-18-15-22-24(29-18)16-20-9-5-6-10-23(20)27-25(22)28-14-13-26-21(17-28)12-11-19-7-3-2-4-8-19/h2-10,15,21,26H,11-14,16-17H2,1H3/t21-/m0/s1. The van der Waals surface area contributed by atoms with E-state index >= 15 is 0 Å². The van der Waals surface area contributed by atoms with Crippen LogP contribution in [-0.4, -0.2) is 36.4 Å². The van der Waals surface area contributed by atoms with Crippen molar-refractivity contribution < 1.29 is 0 Å². The van der Waals surface area contributed by atoms with Gasteiger partial charge in [0.25, 0.3) is 0 Å². The molecule has 0 bridgehead atoms. The number of piperazine rings is 1. The molecule has 1 saturated heterocycles. The highest BCUT2D eigenvalue weighted by Crippen LogP contribution is 2.34. The van der Waals surface area contributed by atoms with Crippen LogP contribution in [0.4, 0.5) is 5.69 Å². The zero-order chi connectivity index (χ0) is 19.6. The Hall–Kier alpha value is -2.43. The first-order valence-electron chi connectivity index (χ1n) is 10.5. The number of para-hydroxylation sites is 1. The Morgan fingerprint density at radius 3 is 2.83 bits per heavy atom. The lowest BCUT2D eigenvalue weighted by Gasteiger charge is -2.36. The second kappa shape index (κ2) is 8.13. The van der Waals surface area contributed by atoms with Crippen LogP contribution in [0.2, 0.25) is 0 Å². The summed E-state index contributed by atoms with van der Waals surface area (Å²) in [7, 11) is 0. The summed E-state index contributed by atoms with van der Waals surface area (Å²) >= 11 is 1.92. The molecule has 29 heavy (non-hydrogen) atoms. The molecule has 1 N–H and O–H groups in total. The summed E-state index contributed by atoms with van der Waals surface area (Å²) in [5.74, 6) is 1.17. The number of amidine groups is 1. The molecule has 0 unspecified atom stereocenters. The summed E-state index contributed by atoms with van der Waals surface area (Å²) in [6.07, 6.45) is 3.25. The van der Waals surface area contributed by atoms with Crippen LogP contribution in [-0.2, 0) is 12.8 Å². The molecular formula is C25H27N3S. The van der Waals surface area contributed by atoms with Crippen molar-refractivity contribution in [3.05, 3.63) is 87.1 Å². The Labute approximate surface area is 177 Å². The molecule has 2 aliphatic heterocycles. The average molecular weight is 402 g/mol. The highest BCUT2D eigenvalue weighted by Gasteiger charge is 2.27. The predicted molar refractivity (Wildman–Crippen MR) is 123 cm³/mol. The van der Waals surface area contributed by atoms with E-state index in [1.54, 1.807) is 0 Å². The molecule has 0 spiro atoms. The number of thiophene rings is 1. The van der Waals surface area contributed by atoms with Crippen molar-refractivity contribution in [2.24, 2.45) is 4.99 Å². The average Bonchev–Trinajstić information content (AvgIpc) is 3.04. The van der Waals surface area contributed by atoms with Gasteiger partial charge in [0.2, 0.25) is 0 Å². The summed E-state index contributed by atoms with van der Waals surface area (Å²) in [6, 6.07) is 22.3. The fourth-order valence-corrected chi connectivity index (χ4v) is 5.49.